The molecule has 154 valence electrons. The van der Waals surface area contributed by atoms with Crippen LogP contribution in [0, 0.1) is 13.8 Å². The van der Waals surface area contributed by atoms with Crippen LogP contribution in [0.1, 0.15) is 29.0 Å². The van der Waals surface area contributed by atoms with Crippen molar-refractivity contribution in [2.24, 2.45) is 7.05 Å². The number of hydrogen-bond acceptors (Lipinski definition) is 5. The molecule has 0 aliphatic rings. The first-order chi connectivity index (χ1) is 13.6. The molecule has 0 amide bonds. The lowest BCUT2D eigenvalue weighted by Gasteiger charge is -2.13. The molecular weight excluding hydrogens is 387 g/mol. The van der Waals surface area contributed by atoms with Gasteiger partial charge >= 0.3 is 12.1 Å². The number of rotatable bonds is 6. The maximum absolute atomic E-state index is 12.6. The fourth-order valence-electron chi connectivity index (χ4n) is 3.01. The van der Waals surface area contributed by atoms with E-state index < -0.39 is 12.1 Å². The zero-order chi connectivity index (χ0) is 21.2. The summed E-state index contributed by atoms with van der Waals surface area (Å²) >= 11 is 0. The van der Waals surface area contributed by atoms with Gasteiger partial charge in [-0.1, -0.05) is 11.2 Å². The van der Waals surface area contributed by atoms with Crippen LogP contribution in [-0.2, 0) is 19.6 Å². The Hall–Kier alpha value is -3.10. The summed E-state index contributed by atoms with van der Waals surface area (Å²) in [5.41, 5.74) is 2.94. The van der Waals surface area contributed by atoms with Crippen LogP contribution >= 0.6 is 0 Å². The molecule has 0 aliphatic carbocycles. The van der Waals surface area contributed by atoms with E-state index in [0.717, 1.165) is 29.5 Å². The van der Waals surface area contributed by atoms with E-state index in [9.17, 15) is 18.0 Å². The van der Waals surface area contributed by atoms with Crippen molar-refractivity contribution in [3.8, 4) is 17.1 Å². The zero-order valence-corrected chi connectivity index (χ0v) is 16.2. The van der Waals surface area contributed by atoms with Crippen LogP contribution in [0.2, 0.25) is 0 Å². The number of ether oxygens (including phenoxy) is 1. The maximum atomic E-state index is 12.6. The predicted molar refractivity (Wildman–Crippen MR) is 99.7 cm³/mol. The minimum absolute atomic E-state index is 0.0553. The van der Waals surface area contributed by atoms with Gasteiger partial charge in [-0.15, -0.1) is 0 Å². The molecule has 0 atom stereocenters. The minimum atomic E-state index is -4.68. The molecule has 0 bridgehead atoms. The summed E-state index contributed by atoms with van der Waals surface area (Å²) in [5.74, 6) is -0.819. The standard InChI is InChI=1S/C20H20F3N3O3/c1-12-9-15(18-24-19(29-25-18)20(21,22)23)10-13(2)17(12)28-8-4-5-14-6-7-16(27)26(3)11-14/h6-7,9-11H,4-5,8H2,1-3H3. The Morgan fingerprint density at radius 1 is 1.17 bits per heavy atom. The van der Waals surface area contributed by atoms with E-state index in [4.69, 9.17) is 4.74 Å². The Morgan fingerprint density at radius 3 is 2.45 bits per heavy atom. The van der Waals surface area contributed by atoms with E-state index in [1.807, 2.05) is 13.8 Å². The largest absolute Gasteiger partial charge is 0.493 e. The summed E-state index contributed by atoms with van der Waals surface area (Å²) in [7, 11) is 1.71. The first-order valence-corrected chi connectivity index (χ1v) is 8.96. The Morgan fingerprint density at radius 2 is 1.86 bits per heavy atom. The van der Waals surface area contributed by atoms with Gasteiger partial charge in [0.15, 0.2) is 0 Å². The molecule has 0 saturated carbocycles. The van der Waals surface area contributed by atoms with Gasteiger partial charge in [0.1, 0.15) is 5.75 Å². The average molecular weight is 407 g/mol. The quantitative estimate of drug-likeness (QED) is 0.576. The molecule has 0 unspecified atom stereocenters. The van der Waals surface area contributed by atoms with Gasteiger partial charge in [0, 0.05) is 24.9 Å². The summed E-state index contributed by atoms with van der Waals surface area (Å²) in [6.07, 6.45) is -1.37. The normalized spacial score (nSPS) is 11.7. The monoisotopic (exact) mass is 407 g/mol. The number of halogens is 3. The Labute approximate surface area is 164 Å². The zero-order valence-electron chi connectivity index (χ0n) is 16.2. The molecule has 0 radical (unpaired) electrons. The lowest BCUT2D eigenvalue weighted by molar-refractivity contribution is -0.159. The van der Waals surface area contributed by atoms with E-state index in [2.05, 4.69) is 14.7 Å². The second-order valence-electron chi connectivity index (χ2n) is 6.80. The van der Waals surface area contributed by atoms with Crippen LogP contribution in [0.5, 0.6) is 5.75 Å². The second-order valence-corrected chi connectivity index (χ2v) is 6.80. The predicted octanol–water partition coefficient (Wildman–Crippen LogP) is 4.08. The fourth-order valence-corrected chi connectivity index (χ4v) is 3.01. The molecule has 1 aromatic carbocycles. The van der Waals surface area contributed by atoms with Crippen molar-refractivity contribution in [2.75, 3.05) is 6.61 Å². The number of pyridine rings is 1. The van der Waals surface area contributed by atoms with Crippen molar-refractivity contribution in [3.63, 3.8) is 0 Å². The lowest BCUT2D eigenvalue weighted by atomic mass is 10.1. The number of aromatic nitrogens is 3. The molecule has 2 aromatic heterocycles. The molecule has 3 rings (SSSR count). The van der Waals surface area contributed by atoms with Gasteiger partial charge in [-0.05, 0) is 55.5 Å². The molecule has 0 fully saturated rings. The SMILES string of the molecule is Cc1cc(-c2noc(C(F)(F)F)n2)cc(C)c1OCCCc1ccc(=O)n(C)c1. The number of alkyl halides is 3. The van der Waals surface area contributed by atoms with Crippen molar-refractivity contribution >= 4 is 0 Å². The van der Waals surface area contributed by atoms with E-state index in [1.165, 1.54) is 10.6 Å². The third-order valence-electron chi connectivity index (χ3n) is 4.39. The second kappa shape index (κ2) is 8.10. The molecule has 6 nitrogen and oxygen atoms in total. The Balaban J connectivity index is 1.65. The summed E-state index contributed by atoms with van der Waals surface area (Å²) in [6.45, 7) is 4.08. The van der Waals surface area contributed by atoms with Crippen LogP contribution in [-0.4, -0.2) is 21.3 Å². The summed E-state index contributed by atoms with van der Waals surface area (Å²) < 4.78 is 49.6. The van der Waals surface area contributed by atoms with Crippen molar-refractivity contribution in [1.82, 2.24) is 14.7 Å². The van der Waals surface area contributed by atoms with Gasteiger partial charge in [0.2, 0.25) is 11.4 Å². The molecule has 0 N–H and O–H groups in total. The molecule has 0 spiro atoms. The third-order valence-corrected chi connectivity index (χ3v) is 4.39. The smallest absolute Gasteiger partial charge is 0.471 e. The molecule has 0 saturated heterocycles. The molecule has 0 aliphatic heterocycles. The van der Waals surface area contributed by atoms with Gasteiger partial charge in [-0.25, -0.2) is 0 Å². The number of hydrogen-bond donors (Lipinski definition) is 0. The molecule has 3 aromatic rings. The highest BCUT2D eigenvalue weighted by Crippen LogP contribution is 2.32. The average Bonchev–Trinajstić information content (AvgIpc) is 3.14. The summed E-state index contributed by atoms with van der Waals surface area (Å²) in [6, 6.07) is 6.67. The van der Waals surface area contributed by atoms with E-state index >= 15 is 0 Å². The van der Waals surface area contributed by atoms with Gasteiger partial charge in [0.05, 0.1) is 6.61 Å². The van der Waals surface area contributed by atoms with Crippen molar-refractivity contribution in [2.45, 2.75) is 32.9 Å². The third kappa shape index (κ3) is 4.85. The molecule has 9 heteroatoms. The summed E-state index contributed by atoms with van der Waals surface area (Å²) in [5, 5.41) is 3.42. The number of aryl methyl sites for hydroxylation is 4. The van der Waals surface area contributed by atoms with Crippen molar-refractivity contribution < 1.29 is 22.4 Å². The van der Waals surface area contributed by atoms with Crippen molar-refractivity contribution in [1.29, 1.82) is 0 Å². The van der Waals surface area contributed by atoms with Gasteiger partial charge in [-0.3, -0.25) is 4.79 Å². The highest BCUT2D eigenvalue weighted by Gasteiger charge is 2.38. The van der Waals surface area contributed by atoms with E-state index in [1.54, 1.807) is 31.4 Å². The molecule has 2 heterocycles. The minimum Gasteiger partial charge on any atom is -0.493 e. The molecular formula is C20H20F3N3O3. The summed E-state index contributed by atoms with van der Waals surface area (Å²) in [4.78, 5) is 14.8. The van der Waals surface area contributed by atoms with Crippen molar-refractivity contribution in [3.05, 3.63) is 63.4 Å². The van der Waals surface area contributed by atoms with Gasteiger partial charge < -0.3 is 13.8 Å². The first kappa shape index (κ1) is 20.6. The lowest BCUT2D eigenvalue weighted by Crippen LogP contribution is -2.15. The van der Waals surface area contributed by atoms with Crippen LogP contribution in [0.3, 0.4) is 0 Å². The Bertz CT molecular complexity index is 1050. The Kier molecular flexibility index (Phi) is 5.76. The highest BCUT2D eigenvalue weighted by atomic mass is 19.4. The number of nitrogens with zero attached hydrogens (tertiary/aromatic N) is 3. The van der Waals surface area contributed by atoms with Gasteiger partial charge in [-0.2, -0.15) is 18.2 Å². The van der Waals surface area contributed by atoms with Gasteiger partial charge in [0.25, 0.3) is 0 Å². The highest BCUT2D eigenvalue weighted by molar-refractivity contribution is 5.61. The van der Waals surface area contributed by atoms with Crippen LogP contribution in [0.15, 0.2) is 39.8 Å². The van der Waals surface area contributed by atoms with Crippen LogP contribution in [0.4, 0.5) is 13.2 Å². The number of benzene rings is 1. The van der Waals surface area contributed by atoms with Crippen LogP contribution in [0.25, 0.3) is 11.4 Å². The first-order valence-electron chi connectivity index (χ1n) is 8.96. The topological polar surface area (TPSA) is 70.2 Å². The fraction of sp³-hybridized carbons (Fsp3) is 0.350. The maximum Gasteiger partial charge on any atom is 0.471 e. The molecule has 29 heavy (non-hydrogen) atoms. The van der Waals surface area contributed by atoms with E-state index in [0.29, 0.717) is 17.9 Å². The van der Waals surface area contributed by atoms with Crippen LogP contribution < -0.4 is 10.3 Å². The van der Waals surface area contributed by atoms with E-state index in [-0.39, 0.29) is 11.4 Å².